The molecule has 11 heteroatoms. The Bertz CT molecular complexity index is 1440. The second-order valence-corrected chi connectivity index (χ2v) is 9.93. The quantitative estimate of drug-likeness (QED) is 0.247. The first kappa shape index (κ1) is 27.6. The number of pyridine rings is 1. The maximum Gasteiger partial charge on any atom is 0.236 e. The van der Waals surface area contributed by atoms with Gasteiger partial charge in [-0.2, -0.15) is 14.6 Å². The largest absolute Gasteiger partial charge is 0.471 e. The number of nitrogens with zero attached hydrogens (tertiary/aromatic N) is 6. The van der Waals surface area contributed by atoms with Crippen molar-refractivity contribution >= 4 is 5.78 Å². The Morgan fingerprint density at radius 3 is 2.77 bits per heavy atom. The number of aryl methyl sites for hydroxylation is 1. The lowest BCUT2D eigenvalue weighted by Crippen LogP contribution is -2.24. The molecule has 0 bridgehead atoms. The highest BCUT2D eigenvalue weighted by molar-refractivity contribution is 5.81. The average Bonchev–Trinajstić information content (AvgIpc) is 3.64. The van der Waals surface area contributed by atoms with E-state index >= 15 is 0 Å². The van der Waals surface area contributed by atoms with Crippen molar-refractivity contribution in [2.75, 3.05) is 26.8 Å². The summed E-state index contributed by atoms with van der Waals surface area (Å²) in [4.78, 5) is 23.4. The van der Waals surface area contributed by atoms with Crippen molar-refractivity contribution in [2.45, 2.75) is 32.5 Å². The average molecular weight is 549 g/mol. The van der Waals surface area contributed by atoms with E-state index in [2.05, 4.69) is 10.1 Å². The van der Waals surface area contributed by atoms with Gasteiger partial charge in [0.1, 0.15) is 18.5 Å². The van der Waals surface area contributed by atoms with E-state index in [4.69, 9.17) is 19.4 Å². The molecule has 2 atom stereocenters. The van der Waals surface area contributed by atoms with E-state index in [1.54, 1.807) is 33.8 Å². The first-order valence-electron chi connectivity index (χ1n) is 13.2. The SMILES string of the molecule is COCCN1C[C@@H](CC(=O)Cc2c(C)c(OCc3cnn(C)c3)nn2-c2ccccc2)[C@H](c2ccnc(F)c2)O1. The fourth-order valence-electron chi connectivity index (χ4n) is 4.97. The zero-order chi connectivity index (χ0) is 28.1. The molecule has 0 unspecified atom stereocenters. The molecule has 1 saturated heterocycles. The predicted octanol–water partition coefficient (Wildman–Crippen LogP) is 3.78. The molecule has 1 aliphatic heterocycles. The minimum atomic E-state index is -0.581. The number of hydrogen-bond acceptors (Lipinski definition) is 8. The number of para-hydroxylation sites is 1. The molecule has 10 nitrogen and oxygen atoms in total. The summed E-state index contributed by atoms with van der Waals surface area (Å²) in [5.74, 6) is -0.250. The summed E-state index contributed by atoms with van der Waals surface area (Å²) in [5, 5.41) is 10.7. The van der Waals surface area contributed by atoms with Crippen LogP contribution in [-0.4, -0.2) is 62.2 Å². The van der Waals surface area contributed by atoms with Gasteiger partial charge in [-0.25, -0.2) is 9.67 Å². The van der Waals surface area contributed by atoms with E-state index in [1.165, 1.54) is 12.3 Å². The van der Waals surface area contributed by atoms with Gasteiger partial charge in [0, 0.05) is 69.5 Å². The molecule has 40 heavy (non-hydrogen) atoms. The molecule has 1 aliphatic rings. The minimum absolute atomic E-state index is 0.0284. The first-order valence-corrected chi connectivity index (χ1v) is 13.2. The molecule has 0 aliphatic carbocycles. The lowest BCUT2D eigenvalue weighted by atomic mass is 9.91. The highest BCUT2D eigenvalue weighted by atomic mass is 19.1. The van der Waals surface area contributed by atoms with Gasteiger partial charge in [0.25, 0.3) is 0 Å². The minimum Gasteiger partial charge on any atom is -0.471 e. The summed E-state index contributed by atoms with van der Waals surface area (Å²) >= 11 is 0. The molecule has 0 N–H and O–H groups in total. The van der Waals surface area contributed by atoms with Crippen LogP contribution in [0.3, 0.4) is 0 Å². The van der Waals surface area contributed by atoms with E-state index in [0.717, 1.165) is 22.5 Å². The number of aromatic nitrogens is 5. The number of ketones is 1. The number of Topliss-reactive ketones (excluding diaryl/α,β-unsaturated/α-hetero) is 1. The Kier molecular flexibility index (Phi) is 8.63. The van der Waals surface area contributed by atoms with Crippen LogP contribution >= 0.6 is 0 Å². The van der Waals surface area contributed by atoms with Crippen LogP contribution < -0.4 is 4.74 Å². The molecule has 4 aromatic rings. The van der Waals surface area contributed by atoms with Gasteiger partial charge in [-0.1, -0.05) is 18.2 Å². The molecule has 1 fully saturated rings. The normalized spacial score (nSPS) is 17.4. The number of halogens is 1. The number of rotatable bonds is 12. The van der Waals surface area contributed by atoms with Gasteiger partial charge in [-0.05, 0) is 36.8 Å². The summed E-state index contributed by atoms with van der Waals surface area (Å²) in [6.07, 6.45) is 5.01. The smallest absolute Gasteiger partial charge is 0.236 e. The Labute approximate surface area is 232 Å². The summed E-state index contributed by atoms with van der Waals surface area (Å²) in [7, 11) is 3.48. The van der Waals surface area contributed by atoms with E-state index in [1.807, 2.05) is 50.5 Å². The van der Waals surface area contributed by atoms with Crippen LogP contribution in [-0.2, 0) is 34.4 Å². The molecule has 5 rings (SSSR count). The fourth-order valence-corrected chi connectivity index (χ4v) is 4.97. The van der Waals surface area contributed by atoms with Gasteiger partial charge >= 0.3 is 0 Å². The summed E-state index contributed by atoms with van der Waals surface area (Å²) in [5.41, 5.74) is 3.98. The molecule has 0 amide bonds. The van der Waals surface area contributed by atoms with Crippen molar-refractivity contribution in [2.24, 2.45) is 13.0 Å². The third-order valence-corrected chi connectivity index (χ3v) is 6.94. The topological polar surface area (TPSA) is 96.5 Å². The number of hydrogen-bond donors (Lipinski definition) is 0. The molecular formula is C29H33FN6O4. The monoisotopic (exact) mass is 548 g/mol. The Morgan fingerprint density at radius 2 is 2.05 bits per heavy atom. The van der Waals surface area contributed by atoms with Crippen molar-refractivity contribution in [3.63, 3.8) is 0 Å². The summed E-state index contributed by atoms with van der Waals surface area (Å²) in [6.45, 7) is 3.79. The van der Waals surface area contributed by atoms with Gasteiger partial charge in [0.05, 0.1) is 24.2 Å². The number of hydroxylamine groups is 2. The predicted molar refractivity (Wildman–Crippen MR) is 144 cm³/mol. The molecule has 0 radical (unpaired) electrons. The molecule has 1 aromatic carbocycles. The summed E-state index contributed by atoms with van der Waals surface area (Å²) in [6, 6.07) is 12.8. The number of carbonyl (C=O) groups excluding carboxylic acids is 1. The Morgan fingerprint density at radius 1 is 1.23 bits per heavy atom. The second-order valence-electron chi connectivity index (χ2n) is 9.93. The van der Waals surface area contributed by atoms with Gasteiger partial charge in [-0.3, -0.25) is 14.3 Å². The van der Waals surface area contributed by atoms with Crippen LogP contribution in [0, 0.1) is 18.8 Å². The van der Waals surface area contributed by atoms with Gasteiger partial charge in [-0.15, -0.1) is 5.10 Å². The van der Waals surface area contributed by atoms with E-state index < -0.39 is 12.1 Å². The molecule has 3 aromatic heterocycles. The fraction of sp³-hybridized carbons (Fsp3) is 0.379. The maximum absolute atomic E-state index is 13.9. The number of carbonyl (C=O) groups is 1. The Hall–Kier alpha value is -3.93. The lowest BCUT2D eigenvalue weighted by molar-refractivity contribution is -0.155. The van der Waals surface area contributed by atoms with Crippen molar-refractivity contribution in [1.29, 1.82) is 0 Å². The van der Waals surface area contributed by atoms with Crippen LogP contribution in [0.25, 0.3) is 5.69 Å². The van der Waals surface area contributed by atoms with E-state index in [9.17, 15) is 9.18 Å². The third kappa shape index (κ3) is 6.44. The van der Waals surface area contributed by atoms with Crippen LogP contribution in [0.4, 0.5) is 4.39 Å². The first-order chi connectivity index (χ1) is 19.4. The highest BCUT2D eigenvalue weighted by Gasteiger charge is 2.37. The van der Waals surface area contributed by atoms with Crippen LogP contribution in [0.2, 0.25) is 0 Å². The van der Waals surface area contributed by atoms with Crippen molar-refractivity contribution in [3.05, 3.63) is 89.4 Å². The molecule has 210 valence electrons. The van der Waals surface area contributed by atoms with Gasteiger partial charge < -0.3 is 9.47 Å². The summed E-state index contributed by atoms with van der Waals surface area (Å²) < 4.78 is 28.7. The van der Waals surface area contributed by atoms with Crippen LogP contribution in [0.15, 0.2) is 61.1 Å². The zero-order valence-electron chi connectivity index (χ0n) is 22.9. The molecular weight excluding hydrogens is 515 g/mol. The van der Waals surface area contributed by atoms with Crippen LogP contribution in [0.5, 0.6) is 5.88 Å². The van der Waals surface area contributed by atoms with Crippen molar-refractivity contribution in [3.8, 4) is 11.6 Å². The lowest BCUT2D eigenvalue weighted by Gasteiger charge is -2.17. The second kappa shape index (κ2) is 12.5. The van der Waals surface area contributed by atoms with Crippen molar-refractivity contribution < 1.29 is 23.5 Å². The van der Waals surface area contributed by atoms with E-state index in [0.29, 0.717) is 37.7 Å². The molecule has 0 saturated carbocycles. The number of benzene rings is 1. The third-order valence-electron chi connectivity index (χ3n) is 6.94. The standard InChI is InChI=1S/C29H33FN6O4/c1-20-26(36(24-7-5-4-6-8-24)33-29(20)39-19-21-16-32-34(2)17-21)15-25(37)13-23-18-35(11-12-38-3)40-28(23)22-9-10-31-27(30)14-22/h4-10,14,16-17,23,28H,11-13,15,18-19H2,1-3H3/t23-,28+/m1/s1. The highest BCUT2D eigenvalue weighted by Crippen LogP contribution is 2.37. The molecule has 4 heterocycles. The van der Waals surface area contributed by atoms with E-state index in [-0.39, 0.29) is 24.5 Å². The number of methoxy groups -OCH3 is 1. The van der Waals surface area contributed by atoms with Gasteiger partial charge in [0.2, 0.25) is 11.8 Å². The number of ether oxygens (including phenoxy) is 2. The van der Waals surface area contributed by atoms with Crippen molar-refractivity contribution in [1.82, 2.24) is 29.6 Å². The van der Waals surface area contributed by atoms with Crippen LogP contribution in [0.1, 0.15) is 34.9 Å². The van der Waals surface area contributed by atoms with Gasteiger partial charge in [0.15, 0.2) is 0 Å². The maximum atomic E-state index is 13.9. The Balaban J connectivity index is 1.36. The zero-order valence-corrected chi connectivity index (χ0v) is 22.9. The molecule has 0 spiro atoms.